The maximum Gasteiger partial charge on any atom is 0.303 e. The van der Waals surface area contributed by atoms with Crippen molar-refractivity contribution in [1.29, 1.82) is 0 Å². The van der Waals surface area contributed by atoms with Crippen LogP contribution in [-0.4, -0.2) is 33.7 Å². The molecule has 0 amide bonds. The Bertz CT molecular complexity index is 569. The monoisotopic (exact) mass is 266 g/mol. The topological polar surface area (TPSA) is 63.8 Å². The maximum atomic E-state index is 10.6. The molecule has 0 spiro atoms. The van der Waals surface area contributed by atoms with Crippen molar-refractivity contribution in [3.63, 3.8) is 0 Å². The van der Waals surface area contributed by atoms with E-state index in [1.807, 2.05) is 16.0 Å². The van der Waals surface area contributed by atoms with Crippen LogP contribution in [0.3, 0.4) is 0 Å². The molecule has 0 radical (unpaired) electrons. The molecule has 2 aromatic rings. The average molecular weight is 266 g/mol. The van der Waals surface area contributed by atoms with Crippen LogP contribution in [-0.2, 0) is 16.0 Å². The Kier molecular flexibility index (Phi) is 3.05. The van der Waals surface area contributed by atoms with Gasteiger partial charge in [0.15, 0.2) is 4.96 Å². The molecule has 0 saturated carbocycles. The third-order valence-electron chi connectivity index (χ3n) is 3.24. The lowest BCUT2D eigenvalue weighted by Crippen LogP contribution is -2.00. The number of thiazole rings is 1. The van der Waals surface area contributed by atoms with Gasteiger partial charge in [0.2, 0.25) is 0 Å². The van der Waals surface area contributed by atoms with E-state index in [1.54, 1.807) is 11.3 Å². The number of hydrogen-bond donors (Lipinski definition) is 1. The number of ether oxygens (including phenoxy) is 1. The summed E-state index contributed by atoms with van der Waals surface area (Å²) in [4.78, 5) is 16.1. The van der Waals surface area contributed by atoms with Crippen LogP contribution >= 0.6 is 11.3 Å². The fourth-order valence-electron chi connectivity index (χ4n) is 2.23. The number of hydrogen-bond acceptors (Lipinski definition) is 4. The summed E-state index contributed by atoms with van der Waals surface area (Å²) in [6.07, 6.45) is 3.76. The maximum absolute atomic E-state index is 10.6. The van der Waals surface area contributed by atoms with Crippen LogP contribution in [0.2, 0.25) is 0 Å². The third kappa shape index (κ3) is 2.13. The quantitative estimate of drug-likeness (QED) is 0.918. The van der Waals surface area contributed by atoms with Gasteiger partial charge >= 0.3 is 5.97 Å². The molecule has 18 heavy (non-hydrogen) atoms. The number of nitrogens with zero attached hydrogens (tertiary/aromatic N) is 2. The van der Waals surface area contributed by atoms with Crippen molar-refractivity contribution in [3.8, 4) is 0 Å². The highest BCUT2D eigenvalue weighted by molar-refractivity contribution is 7.15. The largest absolute Gasteiger partial charge is 0.481 e. The first-order chi connectivity index (χ1) is 8.74. The zero-order chi connectivity index (χ0) is 12.5. The van der Waals surface area contributed by atoms with Crippen LogP contribution in [0.25, 0.3) is 4.96 Å². The Morgan fingerprint density at radius 1 is 1.67 bits per heavy atom. The van der Waals surface area contributed by atoms with Crippen LogP contribution in [0.1, 0.15) is 30.1 Å². The van der Waals surface area contributed by atoms with Crippen molar-refractivity contribution < 1.29 is 14.6 Å². The van der Waals surface area contributed by atoms with E-state index in [-0.39, 0.29) is 6.42 Å². The lowest BCUT2D eigenvalue weighted by molar-refractivity contribution is -0.136. The van der Waals surface area contributed by atoms with Crippen molar-refractivity contribution in [2.75, 3.05) is 13.2 Å². The van der Waals surface area contributed by atoms with E-state index in [1.165, 1.54) is 0 Å². The van der Waals surface area contributed by atoms with Crippen molar-refractivity contribution in [2.45, 2.75) is 25.2 Å². The first-order valence-electron chi connectivity index (χ1n) is 5.99. The summed E-state index contributed by atoms with van der Waals surface area (Å²) in [5.41, 5.74) is 2.09. The van der Waals surface area contributed by atoms with Gasteiger partial charge in [0.25, 0.3) is 0 Å². The molecule has 1 atom stereocenters. The molecule has 1 aliphatic rings. The van der Waals surface area contributed by atoms with Gasteiger partial charge in [-0.2, -0.15) is 0 Å². The second-order valence-corrected chi connectivity index (χ2v) is 5.34. The fourth-order valence-corrected chi connectivity index (χ4v) is 3.14. The van der Waals surface area contributed by atoms with E-state index >= 15 is 0 Å². The molecular weight excluding hydrogens is 252 g/mol. The van der Waals surface area contributed by atoms with Gasteiger partial charge in [-0.15, -0.1) is 11.3 Å². The van der Waals surface area contributed by atoms with Crippen molar-refractivity contribution >= 4 is 22.3 Å². The van der Waals surface area contributed by atoms with E-state index in [2.05, 4.69) is 4.98 Å². The fraction of sp³-hybridized carbons (Fsp3) is 0.500. The summed E-state index contributed by atoms with van der Waals surface area (Å²) in [6.45, 7) is 1.55. The van der Waals surface area contributed by atoms with E-state index < -0.39 is 5.97 Å². The van der Waals surface area contributed by atoms with Crippen molar-refractivity contribution in [3.05, 3.63) is 23.0 Å². The lowest BCUT2D eigenvalue weighted by atomic mass is 10.1. The second kappa shape index (κ2) is 4.70. The number of aliphatic carboxylic acids is 1. The highest BCUT2D eigenvalue weighted by atomic mass is 32.1. The van der Waals surface area contributed by atoms with Gasteiger partial charge in [-0.1, -0.05) is 0 Å². The standard InChI is InChI=1S/C12H14N2O3S/c15-11(16)2-1-9-7-18-12-13-10(5-14(9)12)8-3-4-17-6-8/h5,7-8H,1-4,6H2,(H,15,16). The van der Waals surface area contributed by atoms with Gasteiger partial charge in [-0.3, -0.25) is 9.20 Å². The zero-order valence-corrected chi connectivity index (χ0v) is 10.7. The van der Waals surface area contributed by atoms with Crippen molar-refractivity contribution in [2.24, 2.45) is 0 Å². The summed E-state index contributed by atoms with van der Waals surface area (Å²) in [7, 11) is 0. The molecule has 2 aromatic heterocycles. The van der Waals surface area contributed by atoms with Gasteiger partial charge in [0, 0.05) is 29.8 Å². The van der Waals surface area contributed by atoms with Crippen LogP contribution in [0.15, 0.2) is 11.6 Å². The Hall–Kier alpha value is -1.40. The molecule has 1 N–H and O–H groups in total. The molecule has 1 aliphatic heterocycles. The molecular formula is C12H14N2O3S. The van der Waals surface area contributed by atoms with E-state index in [9.17, 15) is 4.79 Å². The number of aromatic nitrogens is 2. The van der Waals surface area contributed by atoms with E-state index in [0.29, 0.717) is 12.3 Å². The Labute approximate surface area is 108 Å². The Balaban J connectivity index is 1.85. The van der Waals surface area contributed by atoms with E-state index in [0.717, 1.165) is 36.0 Å². The predicted octanol–water partition coefficient (Wildman–Crippen LogP) is 1.92. The smallest absolute Gasteiger partial charge is 0.303 e. The van der Waals surface area contributed by atoms with Crippen LogP contribution < -0.4 is 0 Å². The number of rotatable bonds is 4. The van der Waals surface area contributed by atoms with Crippen LogP contribution in [0, 0.1) is 0 Å². The second-order valence-electron chi connectivity index (χ2n) is 4.50. The summed E-state index contributed by atoms with van der Waals surface area (Å²) in [6, 6.07) is 0. The number of carbonyl (C=O) groups is 1. The molecule has 96 valence electrons. The molecule has 0 aliphatic carbocycles. The minimum Gasteiger partial charge on any atom is -0.481 e. The third-order valence-corrected chi connectivity index (χ3v) is 4.13. The highest BCUT2D eigenvalue weighted by Gasteiger charge is 2.21. The zero-order valence-electron chi connectivity index (χ0n) is 9.83. The van der Waals surface area contributed by atoms with E-state index in [4.69, 9.17) is 9.84 Å². The van der Waals surface area contributed by atoms with Gasteiger partial charge in [0.1, 0.15) is 0 Å². The number of aryl methyl sites for hydroxylation is 1. The number of fused-ring (bicyclic) bond motifs is 1. The molecule has 1 unspecified atom stereocenters. The van der Waals surface area contributed by atoms with Gasteiger partial charge < -0.3 is 9.84 Å². The number of carboxylic acid groups (broad SMARTS) is 1. The summed E-state index contributed by atoms with van der Waals surface area (Å²) in [5.74, 6) is -0.372. The van der Waals surface area contributed by atoms with Gasteiger partial charge in [-0.05, 0) is 12.8 Å². The van der Waals surface area contributed by atoms with Crippen LogP contribution in [0.5, 0.6) is 0 Å². The summed E-state index contributed by atoms with van der Waals surface area (Å²) in [5, 5.41) is 10.7. The average Bonchev–Trinajstić information content (AvgIpc) is 3.02. The normalized spacial score (nSPS) is 19.7. The molecule has 1 fully saturated rings. The first kappa shape index (κ1) is 11.7. The molecule has 6 heteroatoms. The lowest BCUT2D eigenvalue weighted by Gasteiger charge is -2.01. The summed E-state index contributed by atoms with van der Waals surface area (Å²) >= 11 is 1.56. The number of carboxylic acids is 1. The van der Waals surface area contributed by atoms with Gasteiger partial charge in [0.05, 0.1) is 18.7 Å². The minimum atomic E-state index is -0.765. The SMILES string of the molecule is O=C(O)CCc1csc2nc(C3CCOC3)cn12. The number of imidazole rings is 1. The molecule has 0 aromatic carbocycles. The molecule has 3 rings (SSSR count). The van der Waals surface area contributed by atoms with Gasteiger partial charge in [-0.25, -0.2) is 4.98 Å². The molecule has 5 nitrogen and oxygen atoms in total. The summed E-state index contributed by atoms with van der Waals surface area (Å²) < 4.78 is 7.38. The first-order valence-corrected chi connectivity index (χ1v) is 6.87. The predicted molar refractivity (Wildman–Crippen MR) is 67.2 cm³/mol. The Morgan fingerprint density at radius 3 is 3.28 bits per heavy atom. The minimum absolute atomic E-state index is 0.159. The molecule has 3 heterocycles. The van der Waals surface area contributed by atoms with Crippen LogP contribution in [0.4, 0.5) is 0 Å². The molecule has 0 bridgehead atoms. The Morgan fingerprint density at radius 2 is 2.56 bits per heavy atom. The highest BCUT2D eigenvalue weighted by Crippen LogP contribution is 2.27. The van der Waals surface area contributed by atoms with Crippen molar-refractivity contribution in [1.82, 2.24) is 9.38 Å². The molecule has 1 saturated heterocycles.